The SMILES string of the molecule is C=CC1=C(C)c2cc3[n-]c(cc4[n-]c(cc5nc(cc1n2)C(C)=C5C=C)c(C)c4CCC(=O)[O-])c(CCC(=O)[O-])c3C.[Zn+2]. The standard InChI is InChI=1S/C34H34N4O4.Zn/c1-7-21-17(3)25-13-26-19(5)23(9-11-33(39)40)31(37-26)16-32-24(10-12-34(41)42)20(6)28(38-32)15-30-22(8-2)18(4)27(36-30)14-29(21)35-25;/h7-8,13-16H,1-2,9-12H2,3-6H3,(H4,35,36,37,38,39,40,41,42);/q;+2/p-4. The number of aromatic nitrogens is 4. The number of allylic oxidation sites excluding steroid dienone is 6. The zero-order valence-electron chi connectivity index (χ0n) is 24.8. The molecule has 0 aliphatic carbocycles. The van der Waals surface area contributed by atoms with Gasteiger partial charge in [-0.25, -0.2) is 9.97 Å². The Morgan fingerprint density at radius 2 is 1.07 bits per heavy atom. The first-order valence-corrected chi connectivity index (χ1v) is 13.7. The van der Waals surface area contributed by atoms with Crippen LogP contribution in [0.2, 0.25) is 0 Å². The number of hydrogen-bond acceptors (Lipinski definition) is 6. The Morgan fingerprint density at radius 1 is 0.674 bits per heavy atom. The van der Waals surface area contributed by atoms with E-state index in [1.165, 1.54) is 0 Å². The van der Waals surface area contributed by atoms with E-state index < -0.39 is 11.9 Å². The molecule has 0 fully saturated rings. The maximum atomic E-state index is 11.4. The number of hydrogen-bond donors (Lipinski definition) is 0. The summed E-state index contributed by atoms with van der Waals surface area (Å²) in [7, 11) is 0. The van der Waals surface area contributed by atoms with Crippen molar-refractivity contribution in [1.82, 2.24) is 19.9 Å². The summed E-state index contributed by atoms with van der Waals surface area (Å²) in [6.45, 7) is 15.8. The third kappa shape index (κ3) is 5.95. The molecule has 43 heavy (non-hydrogen) atoms. The minimum atomic E-state index is -1.16. The van der Waals surface area contributed by atoms with Crippen LogP contribution in [0, 0.1) is 13.8 Å². The van der Waals surface area contributed by atoms with Crippen LogP contribution in [0.3, 0.4) is 0 Å². The Balaban J connectivity index is 0.00000423. The fourth-order valence-corrected chi connectivity index (χ4v) is 5.60. The summed E-state index contributed by atoms with van der Waals surface area (Å²) in [6, 6.07) is 7.52. The summed E-state index contributed by atoms with van der Waals surface area (Å²) >= 11 is 0. The van der Waals surface area contributed by atoms with Gasteiger partial charge in [0.1, 0.15) is 0 Å². The molecule has 214 valence electrons. The van der Waals surface area contributed by atoms with Crippen LogP contribution in [-0.4, -0.2) is 21.9 Å². The quantitative estimate of drug-likeness (QED) is 0.346. The first-order chi connectivity index (χ1) is 20.0. The predicted molar refractivity (Wildman–Crippen MR) is 160 cm³/mol. The van der Waals surface area contributed by atoms with Gasteiger partial charge in [0.2, 0.25) is 0 Å². The van der Waals surface area contributed by atoms with Gasteiger partial charge in [-0.3, -0.25) is 0 Å². The molecule has 0 amide bonds. The molecule has 2 aliphatic rings. The van der Waals surface area contributed by atoms with E-state index in [1.54, 1.807) is 18.2 Å². The van der Waals surface area contributed by atoms with Crippen LogP contribution in [0.1, 0.15) is 71.7 Å². The van der Waals surface area contributed by atoms with Gasteiger partial charge in [-0.2, -0.15) is 0 Å². The number of nitrogens with zero attached hydrogens (tertiary/aromatic N) is 4. The van der Waals surface area contributed by atoms with Crippen molar-refractivity contribution in [2.45, 2.75) is 53.4 Å². The van der Waals surface area contributed by atoms with Crippen LogP contribution < -0.4 is 20.2 Å². The van der Waals surface area contributed by atoms with E-state index in [-0.39, 0.29) is 45.2 Å². The van der Waals surface area contributed by atoms with Crippen molar-refractivity contribution < 1.29 is 39.3 Å². The van der Waals surface area contributed by atoms with E-state index >= 15 is 0 Å². The van der Waals surface area contributed by atoms with Crippen LogP contribution in [0.25, 0.3) is 44.4 Å². The minimum absolute atomic E-state index is 0. The number of rotatable bonds is 8. The van der Waals surface area contributed by atoms with Crippen molar-refractivity contribution in [2.24, 2.45) is 0 Å². The summed E-state index contributed by atoms with van der Waals surface area (Å²) in [4.78, 5) is 42.4. The van der Waals surface area contributed by atoms with E-state index in [9.17, 15) is 19.8 Å². The maximum absolute atomic E-state index is 11.4. The topological polar surface area (TPSA) is 134 Å². The van der Waals surface area contributed by atoms with Crippen molar-refractivity contribution >= 4 is 56.3 Å². The second-order valence-electron chi connectivity index (χ2n) is 10.5. The molecular formula is C34H30N4O4Zn-2. The summed E-state index contributed by atoms with van der Waals surface area (Å²) in [6.07, 6.45) is 3.65. The molecule has 0 aromatic carbocycles. The summed E-state index contributed by atoms with van der Waals surface area (Å²) < 4.78 is 0. The van der Waals surface area contributed by atoms with E-state index in [0.717, 1.165) is 61.6 Å². The van der Waals surface area contributed by atoms with Crippen LogP contribution in [0.4, 0.5) is 0 Å². The van der Waals surface area contributed by atoms with Gasteiger partial charge in [-0.05, 0) is 70.6 Å². The molecule has 5 rings (SSSR count). The summed E-state index contributed by atoms with van der Waals surface area (Å²) in [5, 5.41) is 22.8. The molecule has 0 spiro atoms. The number of aliphatic carboxylic acids is 2. The number of fused-ring (bicyclic) bond motifs is 8. The van der Waals surface area contributed by atoms with E-state index in [2.05, 4.69) is 13.2 Å². The average molecular weight is 624 g/mol. The third-order valence-electron chi connectivity index (χ3n) is 8.04. The molecule has 3 aromatic rings. The molecule has 2 aliphatic heterocycles. The number of carbonyl (C=O) groups excluding carboxylic acids is 2. The average Bonchev–Trinajstić information content (AvgIpc) is 3.59. The van der Waals surface area contributed by atoms with Gasteiger partial charge in [0, 0.05) is 23.1 Å². The van der Waals surface area contributed by atoms with Crippen molar-refractivity contribution in [1.29, 1.82) is 0 Å². The van der Waals surface area contributed by atoms with Crippen molar-refractivity contribution in [3.05, 3.63) is 94.6 Å². The normalized spacial score (nSPS) is 12.7. The van der Waals surface area contributed by atoms with Crippen LogP contribution in [0.5, 0.6) is 0 Å². The van der Waals surface area contributed by atoms with Gasteiger partial charge in [-0.15, -0.1) is 22.1 Å². The molecule has 5 heterocycles. The van der Waals surface area contributed by atoms with Gasteiger partial charge >= 0.3 is 19.5 Å². The minimum Gasteiger partial charge on any atom is -0.657 e. The van der Waals surface area contributed by atoms with Crippen molar-refractivity contribution in [3.63, 3.8) is 0 Å². The third-order valence-corrected chi connectivity index (χ3v) is 8.04. The number of aryl methyl sites for hydroxylation is 4. The molecule has 8 nitrogen and oxygen atoms in total. The first kappa shape index (κ1) is 31.6. The first-order valence-electron chi connectivity index (χ1n) is 13.7. The molecule has 9 heteroatoms. The predicted octanol–water partition coefficient (Wildman–Crippen LogP) is 3.79. The zero-order valence-corrected chi connectivity index (χ0v) is 27.8. The molecule has 8 bridgehead atoms. The Hall–Kier alpha value is -4.36. The second-order valence-corrected chi connectivity index (χ2v) is 10.5. The Bertz CT molecular complexity index is 1920. The largest absolute Gasteiger partial charge is 2.00 e. The molecule has 0 radical (unpaired) electrons. The molecule has 0 unspecified atom stereocenters. The fourth-order valence-electron chi connectivity index (χ4n) is 5.60. The zero-order chi connectivity index (χ0) is 30.3. The van der Waals surface area contributed by atoms with Crippen molar-refractivity contribution in [3.8, 4) is 0 Å². The van der Waals surface area contributed by atoms with E-state index in [1.807, 2.05) is 45.9 Å². The Morgan fingerprint density at radius 3 is 1.49 bits per heavy atom. The number of carboxylic acids is 2. The second kappa shape index (κ2) is 12.5. The van der Waals surface area contributed by atoms with Crippen LogP contribution >= 0.6 is 0 Å². The van der Waals surface area contributed by atoms with E-state index in [4.69, 9.17) is 19.9 Å². The number of carbonyl (C=O) groups is 2. The molecule has 0 saturated carbocycles. The Kier molecular flexibility index (Phi) is 9.16. The van der Waals surface area contributed by atoms with Crippen molar-refractivity contribution in [2.75, 3.05) is 0 Å². The summed E-state index contributed by atoms with van der Waals surface area (Å²) in [5.41, 5.74) is 12.2. The van der Waals surface area contributed by atoms with E-state index in [0.29, 0.717) is 27.8 Å². The maximum Gasteiger partial charge on any atom is 2.00 e. The Labute approximate surface area is 262 Å². The molecule has 0 atom stereocenters. The van der Waals surface area contributed by atoms with Crippen LogP contribution in [-0.2, 0) is 41.9 Å². The fraction of sp³-hybridized carbons (Fsp3) is 0.235. The van der Waals surface area contributed by atoms with Gasteiger partial charge < -0.3 is 29.8 Å². The van der Waals surface area contributed by atoms with Gasteiger partial charge in [0.25, 0.3) is 0 Å². The molecule has 0 N–H and O–H groups in total. The molecule has 3 aromatic heterocycles. The van der Waals surface area contributed by atoms with Gasteiger partial charge in [-0.1, -0.05) is 65.8 Å². The van der Waals surface area contributed by atoms with Gasteiger partial charge in [0.05, 0.1) is 22.8 Å². The monoisotopic (exact) mass is 622 g/mol. The number of carboxylic acid groups (broad SMARTS) is 2. The molecular weight excluding hydrogens is 594 g/mol. The smallest absolute Gasteiger partial charge is 0.657 e. The summed E-state index contributed by atoms with van der Waals surface area (Å²) in [5.74, 6) is -2.31. The molecule has 0 saturated heterocycles. The van der Waals surface area contributed by atoms with Crippen LogP contribution in [0.15, 0.2) is 49.6 Å². The van der Waals surface area contributed by atoms with Gasteiger partial charge in [0.15, 0.2) is 0 Å².